The van der Waals surface area contributed by atoms with Crippen molar-refractivity contribution in [2.45, 2.75) is 57.0 Å². The van der Waals surface area contributed by atoms with E-state index in [2.05, 4.69) is 12.2 Å². The minimum absolute atomic E-state index is 0.0411. The summed E-state index contributed by atoms with van der Waals surface area (Å²) in [6, 6.07) is 23.5. The number of amides is 2. The van der Waals surface area contributed by atoms with E-state index in [1.807, 2.05) is 61.5 Å². The second-order valence-electron chi connectivity index (χ2n) is 8.87. The molecule has 2 amide bonds. The van der Waals surface area contributed by atoms with Gasteiger partial charge in [0.1, 0.15) is 11.9 Å². The van der Waals surface area contributed by atoms with E-state index in [0.29, 0.717) is 24.3 Å². The maximum absolute atomic E-state index is 14.6. The number of halogens is 1. The van der Waals surface area contributed by atoms with Crippen LogP contribution in [0.2, 0.25) is 0 Å². The predicted molar refractivity (Wildman–Crippen MR) is 145 cm³/mol. The molecule has 0 aromatic heterocycles. The number of hydrogen-bond donors (Lipinski definition) is 1. The third-order valence-corrected chi connectivity index (χ3v) is 7.02. The van der Waals surface area contributed by atoms with Crippen molar-refractivity contribution in [3.05, 3.63) is 101 Å². The molecule has 0 heterocycles. The number of carbonyl (C=O) groups is 2. The highest BCUT2D eigenvalue weighted by Gasteiger charge is 2.30. The summed E-state index contributed by atoms with van der Waals surface area (Å²) >= 11 is 1.60. The van der Waals surface area contributed by atoms with Gasteiger partial charge in [0.05, 0.1) is 0 Å². The van der Waals surface area contributed by atoms with Gasteiger partial charge < -0.3 is 10.2 Å². The predicted octanol–water partition coefficient (Wildman–Crippen LogP) is 6.17. The first-order chi connectivity index (χ1) is 17.5. The standard InChI is InChI=1S/C30H35FN2O2S/c1-3-4-19-32-30(35)28(21-24-10-6-5-7-11-24)33(22-25-12-8-9-13-27(25)31)29(34)18-20-36-26-16-14-23(2)15-17-26/h5-17,28H,3-4,18-22H2,1-2H3,(H,32,35)/t28-/m0/s1. The smallest absolute Gasteiger partial charge is 0.243 e. The molecule has 190 valence electrons. The molecule has 4 nitrogen and oxygen atoms in total. The molecule has 3 aromatic carbocycles. The Balaban J connectivity index is 1.83. The van der Waals surface area contributed by atoms with Crippen LogP contribution in [0.25, 0.3) is 0 Å². The Bertz CT molecular complexity index is 1110. The van der Waals surface area contributed by atoms with Crippen LogP contribution in [0.15, 0.2) is 83.8 Å². The zero-order valence-corrected chi connectivity index (χ0v) is 21.9. The van der Waals surface area contributed by atoms with Gasteiger partial charge in [0.2, 0.25) is 11.8 Å². The molecular weight excluding hydrogens is 471 g/mol. The van der Waals surface area contributed by atoms with E-state index in [4.69, 9.17) is 0 Å². The molecule has 0 saturated heterocycles. The molecule has 0 unspecified atom stereocenters. The van der Waals surface area contributed by atoms with Gasteiger partial charge in [0.25, 0.3) is 0 Å². The molecule has 0 fully saturated rings. The second-order valence-corrected chi connectivity index (χ2v) is 10.0. The summed E-state index contributed by atoms with van der Waals surface area (Å²) < 4.78 is 14.6. The van der Waals surface area contributed by atoms with Crippen molar-refractivity contribution in [2.75, 3.05) is 12.3 Å². The van der Waals surface area contributed by atoms with Crippen LogP contribution in [-0.4, -0.2) is 35.1 Å². The summed E-state index contributed by atoms with van der Waals surface area (Å²) in [5, 5.41) is 3.00. The van der Waals surface area contributed by atoms with Crippen LogP contribution in [0.4, 0.5) is 4.39 Å². The molecule has 3 rings (SSSR count). The number of rotatable bonds is 13. The van der Waals surface area contributed by atoms with Gasteiger partial charge in [-0.1, -0.05) is 79.6 Å². The first-order valence-electron chi connectivity index (χ1n) is 12.5. The van der Waals surface area contributed by atoms with Crippen molar-refractivity contribution < 1.29 is 14.0 Å². The van der Waals surface area contributed by atoms with Gasteiger partial charge in [0, 0.05) is 42.1 Å². The minimum atomic E-state index is -0.735. The number of unbranched alkanes of at least 4 members (excludes halogenated alkanes) is 1. The molecule has 1 atom stereocenters. The fourth-order valence-corrected chi connectivity index (χ4v) is 4.75. The average Bonchev–Trinajstić information content (AvgIpc) is 2.89. The quantitative estimate of drug-likeness (QED) is 0.223. The Morgan fingerprint density at radius 3 is 2.36 bits per heavy atom. The van der Waals surface area contributed by atoms with Crippen LogP contribution in [0.3, 0.4) is 0 Å². The van der Waals surface area contributed by atoms with Gasteiger partial charge in [-0.3, -0.25) is 9.59 Å². The summed E-state index contributed by atoms with van der Waals surface area (Å²) in [4.78, 5) is 29.6. The molecule has 0 aliphatic rings. The molecule has 1 N–H and O–H groups in total. The van der Waals surface area contributed by atoms with E-state index in [0.717, 1.165) is 23.3 Å². The molecule has 0 radical (unpaired) electrons. The van der Waals surface area contributed by atoms with Crippen LogP contribution in [0.1, 0.15) is 42.9 Å². The first-order valence-corrected chi connectivity index (χ1v) is 13.5. The van der Waals surface area contributed by atoms with Gasteiger partial charge in [-0.25, -0.2) is 4.39 Å². The fraction of sp³-hybridized carbons (Fsp3) is 0.333. The van der Waals surface area contributed by atoms with Gasteiger partial charge in [-0.15, -0.1) is 11.8 Å². The Morgan fingerprint density at radius 2 is 1.67 bits per heavy atom. The average molecular weight is 507 g/mol. The Labute approximate surface area is 218 Å². The largest absolute Gasteiger partial charge is 0.354 e. The van der Waals surface area contributed by atoms with Crippen LogP contribution < -0.4 is 5.32 Å². The SMILES string of the molecule is CCCCNC(=O)[C@H](Cc1ccccc1)N(Cc1ccccc1F)C(=O)CCSc1ccc(C)cc1. The third kappa shape index (κ3) is 8.52. The van der Waals surface area contributed by atoms with E-state index in [-0.39, 0.29) is 30.6 Å². The Kier molecular flexibility index (Phi) is 11.0. The zero-order valence-electron chi connectivity index (χ0n) is 21.1. The van der Waals surface area contributed by atoms with Gasteiger partial charge in [0.15, 0.2) is 0 Å². The summed E-state index contributed by atoms with van der Waals surface area (Å²) in [5.74, 6) is -0.174. The highest BCUT2D eigenvalue weighted by atomic mass is 32.2. The van der Waals surface area contributed by atoms with Crippen LogP contribution in [-0.2, 0) is 22.6 Å². The lowest BCUT2D eigenvalue weighted by molar-refractivity contribution is -0.141. The maximum Gasteiger partial charge on any atom is 0.243 e. The molecular formula is C30H35FN2O2S. The Morgan fingerprint density at radius 1 is 0.972 bits per heavy atom. The zero-order chi connectivity index (χ0) is 25.8. The van der Waals surface area contributed by atoms with Crippen molar-refractivity contribution in [2.24, 2.45) is 0 Å². The van der Waals surface area contributed by atoms with Crippen LogP contribution in [0, 0.1) is 12.7 Å². The number of thioether (sulfide) groups is 1. The molecule has 0 saturated carbocycles. The topological polar surface area (TPSA) is 49.4 Å². The van der Waals surface area contributed by atoms with Crippen molar-refractivity contribution in [3.63, 3.8) is 0 Å². The number of nitrogens with one attached hydrogen (secondary N) is 1. The molecule has 3 aromatic rings. The van der Waals surface area contributed by atoms with E-state index in [1.54, 1.807) is 34.9 Å². The van der Waals surface area contributed by atoms with Crippen molar-refractivity contribution >= 4 is 23.6 Å². The summed E-state index contributed by atoms with van der Waals surface area (Å²) in [6.07, 6.45) is 2.43. The molecule has 6 heteroatoms. The third-order valence-electron chi connectivity index (χ3n) is 6.00. The van der Waals surface area contributed by atoms with Gasteiger partial charge >= 0.3 is 0 Å². The maximum atomic E-state index is 14.6. The van der Waals surface area contributed by atoms with E-state index < -0.39 is 6.04 Å². The number of nitrogens with zero attached hydrogens (tertiary/aromatic N) is 1. The second kappa shape index (κ2) is 14.4. The lowest BCUT2D eigenvalue weighted by Crippen LogP contribution is -2.50. The van der Waals surface area contributed by atoms with Gasteiger partial charge in [-0.2, -0.15) is 0 Å². The lowest BCUT2D eigenvalue weighted by Gasteiger charge is -2.31. The van der Waals surface area contributed by atoms with E-state index >= 15 is 0 Å². The number of hydrogen-bond acceptors (Lipinski definition) is 3. The summed E-state index contributed by atoms with van der Waals surface area (Å²) in [6.45, 7) is 4.69. The van der Waals surface area contributed by atoms with Gasteiger partial charge in [-0.05, 0) is 37.1 Å². The fourth-order valence-electron chi connectivity index (χ4n) is 3.90. The first kappa shape index (κ1) is 27.5. The monoisotopic (exact) mass is 506 g/mol. The molecule has 0 aliphatic heterocycles. The number of carbonyl (C=O) groups excluding carboxylic acids is 2. The highest BCUT2D eigenvalue weighted by molar-refractivity contribution is 7.99. The van der Waals surface area contributed by atoms with E-state index in [9.17, 15) is 14.0 Å². The molecule has 0 spiro atoms. The van der Waals surface area contributed by atoms with Crippen LogP contribution >= 0.6 is 11.8 Å². The number of aryl methyl sites for hydroxylation is 1. The van der Waals surface area contributed by atoms with Crippen molar-refractivity contribution in [1.29, 1.82) is 0 Å². The summed E-state index contributed by atoms with van der Waals surface area (Å²) in [7, 11) is 0. The minimum Gasteiger partial charge on any atom is -0.354 e. The highest BCUT2D eigenvalue weighted by Crippen LogP contribution is 2.22. The lowest BCUT2D eigenvalue weighted by atomic mass is 10.0. The molecule has 36 heavy (non-hydrogen) atoms. The normalized spacial score (nSPS) is 11.6. The van der Waals surface area contributed by atoms with Crippen LogP contribution in [0.5, 0.6) is 0 Å². The Hall–Kier alpha value is -3.12. The molecule has 0 bridgehead atoms. The summed E-state index contributed by atoms with van der Waals surface area (Å²) in [5.41, 5.74) is 2.54. The molecule has 0 aliphatic carbocycles. The van der Waals surface area contributed by atoms with Crippen molar-refractivity contribution in [3.8, 4) is 0 Å². The number of benzene rings is 3. The van der Waals surface area contributed by atoms with E-state index in [1.165, 1.54) is 11.6 Å². The van der Waals surface area contributed by atoms with Crippen molar-refractivity contribution in [1.82, 2.24) is 10.2 Å².